The highest BCUT2D eigenvalue weighted by Crippen LogP contribution is 2.31. The summed E-state index contributed by atoms with van der Waals surface area (Å²) in [6.07, 6.45) is 4.45. The second-order valence-corrected chi connectivity index (χ2v) is 6.32. The highest BCUT2D eigenvalue weighted by Gasteiger charge is 2.37. The van der Waals surface area contributed by atoms with Gasteiger partial charge in [0.2, 0.25) is 0 Å². The van der Waals surface area contributed by atoms with Crippen LogP contribution in [0.4, 0.5) is 0 Å². The summed E-state index contributed by atoms with van der Waals surface area (Å²) in [6, 6.07) is 5.90. The maximum absolute atomic E-state index is 12.8. The second-order valence-electron chi connectivity index (χ2n) is 5.51. The maximum atomic E-state index is 12.8. The minimum Gasteiger partial charge on any atom is -0.334 e. The summed E-state index contributed by atoms with van der Waals surface area (Å²) in [5.74, 6) is -0.0307. The van der Waals surface area contributed by atoms with Crippen molar-refractivity contribution in [1.82, 2.24) is 10.2 Å². The van der Waals surface area contributed by atoms with E-state index in [1.54, 1.807) is 18.2 Å². The van der Waals surface area contributed by atoms with E-state index in [9.17, 15) is 4.79 Å². The Kier molecular flexibility index (Phi) is 4.20. The number of benzene rings is 1. The first-order valence-electron chi connectivity index (χ1n) is 7.17. The number of hydrogen-bond donors (Lipinski definition) is 1. The van der Waals surface area contributed by atoms with Crippen molar-refractivity contribution in [2.45, 2.75) is 37.8 Å². The fraction of sp³-hybridized carbons (Fsp3) is 0.533. The van der Waals surface area contributed by atoms with Crippen LogP contribution in [0.2, 0.25) is 10.0 Å². The molecule has 0 spiro atoms. The Labute approximate surface area is 129 Å². The Bertz CT molecular complexity index is 494. The summed E-state index contributed by atoms with van der Waals surface area (Å²) in [6.45, 7) is 1.85. The lowest BCUT2D eigenvalue weighted by Crippen LogP contribution is -2.46. The number of hydrogen-bond acceptors (Lipinski definition) is 2. The van der Waals surface area contributed by atoms with Crippen LogP contribution in [-0.2, 0) is 0 Å². The van der Waals surface area contributed by atoms with Gasteiger partial charge in [-0.15, -0.1) is 0 Å². The van der Waals surface area contributed by atoms with Crippen LogP contribution in [0.5, 0.6) is 0 Å². The minimum absolute atomic E-state index is 0.0307. The van der Waals surface area contributed by atoms with Crippen LogP contribution >= 0.6 is 23.2 Å². The molecule has 1 N–H and O–H groups in total. The number of carbonyl (C=O) groups excluding carboxylic acids is 1. The van der Waals surface area contributed by atoms with Crippen LogP contribution in [0.25, 0.3) is 0 Å². The van der Waals surface area contributed by atoms with Crippen molar-refractivity contribution in [3.8, 4) is 0 Å². The standard InChI is InChI=1S/C15H18Cl2N2O/c16-10-4-1-5-11(17)14(10)15(20)19-9-3-7-13(19)12-6-2-8-18-12/h1,4-5,12-13,18H,2-3,6-9H2. The zero-order valence-corrected chi connectivity index (χ0v) is 12.8. The van der Waals surface area contributed by atoms with E-state index in [1.165, 1.54) is 6.42 Å². The van der Waals surface area contributed by atoms with Gasteiger partial charge >= 0.3 is 0 Å². The number of amides is 1. The van der Waals surface area contributed by atoms with Gasteiger partial charge in [-0.1, -0.05) is 29.3 Å². The number of nitrogens with one attached hydrogen (secondary N) is 1. The largest absolute Gasteiger partial charge is 0.334 e. The van der Waals surface area contributed by atoms with Crippen molar-refractivity contribution in [3.05, 3.63) is 33.8 Å². The van der Waals surface area contributed by atoms with E-state index in [0.717, 1.165) is 32.4 Å². The molecule has 2 saturated heterocycles. The van der Waals surface area contributed by atoms with Crippen LogP contribution < -0.4 is 5.32 Å². The Balaban J connectivity index is 1.85. The summed E-state index contributed by atoms with van der Waals surface area (Å²) < 4.78 is 0. The van der Waals surface area contributed by atoms with Crippen molar-refractivity contribution in [2.24, 2.45) is 0 Å². The summed E-state index contributed by atoms with van der Waals surface area (Å²) in [5.41, 5.74) is 0.445. The van der Waals surface area contributed by atoms with Crippen molar-refractivity contribution < 1.29 is 4.79 Å². The van der Waals surface area contributed by atoms with E-state index in [2.05, 4.69) is 5.32 Å². The van der Waals surface area contributed by atoms with E-state index in [0.29, 0.717) is 21.7 Å². The summed E-state index contributed by atoms with van der Waals surface area (Å²) in [5, 5.41) is 4.38. The monoisotopic (exact) mass is 312 g/mol. The Hall–Kier alpha value is -0.770. The molecule has 2 atom stereocenters. The molecule has 0 radical (unpaired) electrons. The van der Waals surface area contributed by atoms with Gasteiger partial charge in [-0.05, 0) is 44.4 Å². The zero-order valence-electron chi connectivity index (χ0n) is 11.2. The highest BCUT2D eigenvalue weighted by molar-refractivity contribution is 6.39. The van der Waals surface area contributed by atoms with E-state index in [-0.39, 0.29) is 11.9 Å². The van der Waals surface area contributed by atoms with Gasteiger partial charge in [-0.25, -0.2) is 0 Å². The molecule has 1 aromatic rings. The average molecular weight is 313 g/mol. The van der Waals surface area contributed by atoms with Gasteiger partial charge in [0.05, 0.1) is 15.6 Å². The molecule has 3 rings (SSSR count). The third-order valence-corrected chi connectivity index (χ3v) is 4.93. The third kappa shape index (κ3) is 2.54. The molecular formula is C15H18Cl2N2O. The fourth-order valence-electron chi connectivity index (χ4n) is 3.35. The average Bonchev–Trinajstić information content (AvgIpc) is 3.09. The lowest BCUT2D eigenvalue weighted by atomic mass is 10.0. The molecule has 0 bridgehead atoms. The summed E-state index contributed by atoms with van der Waals surface area (Å²) in [7, 11) is 0. The molecule has 2 aliphatic rings. The second kappa shape index (κ2) is 5.92. The first-order valence-corrected chi connectivity index (χ1v) is 7.92. The molecule has 3 nitrogen and oxygen atoms in total. The lowest BCUT2D eigenvalue weighted by molar-refractivity contribution is 0.0711. The van der Waals surface area contributed by atoms with Crippen LogP contribution in [-0.4, -0.2) is 36.0 Å². The van der Waals surface area contributed by atoms with Crippen molar-refractivity contribution in [3.63, 3.8) is 0 Å². The Morgan fingerprint density at radius 2 is 1.95 bits per heavy atom. The molecule has 0 saturated carbocycles. The highest BCUT2D eigenvalue weighted by atomic mass is 35.5. The maximum Gasteiger partial charge on any atom is 0.257 e. The fourth-order valence-corrected chi connectivity index (χ4v) is 3.91. The molecule has 1 aromatic carbocycles. The topological polar surface area (TPSA) is 32.3 Å². The molecule has 20 heavy (non-hydrogen) atoms. The van der Waals surface area contributed by atoms with Crippen LogP contribution in [0, 0.1) is 0 Å². The normalized spacial score (nSPS) is 26.2. The molecule has 1 amide bonds. The molecular weight excluding hydrogens is 295 g/mol. The van der Waals surface area contributed by atoms with Crippen molar-refractivity contribution >= 4 is 29.1 Å². The molecule has 5 heteroatoms. The minimum atomic E-state index is -0.0307. The zero-order chi connectivity index (χ0) is 14.1. The van der Waals surface area contributed by atoms with Gasteiger partial charge < -0.3 is 10.2 Å². The summed E-state index contributed by atoms with van der Waals surface area (Å²) >= 11 is 12.3. The van der Waals surface area contributed by atoms with Crippen LogP contribution in [0.1, 0.15) is 36.0 Å². The van der Waals surface area contributed by atoms with Gasteiger partial charge in [0, 0.05) is 18.6 Å². The van der Waals surface area contributed by atoms with E-state index >= 15 is 0 Å². The number of rotatable bonds is 2. The third-order valence-electron chi connectivity index (χ3n) is 4.30. The molecule has 2 aliphatic heterocycles. The van der Waals surface area contributed by atoms with Crippen molar-refractivity contribution in [1.29, 1.82) is 0 Å². The quantitative estimate of drug-likeness (QED) is 0.908. The van der Waals surface area contributed by atoms with Gasteiger partial charge in [-0.3, -0.25) is 4.79 Å². The first kappa shape index (κ1) is 14.2. The van der Waals surface area contributed by atoms with E-state index in [4.69, 9.17) is 23.2 Å². The van der Waals surface area contributed by atoms with E-state index < -0.39 is 0 Å². The summed E-state index contributed by atoms with van der Waals surface area (Å²) in [4.78, 5) is 14.7. The molecule has 2 fully saturated rings. The molecule has 0 aliphatic carbocycles. The molecule has 0 aromatic heterocycles. The van der Waals surface area contributed by atoms with E-state index in [1.807, 2.05) is 4.90 Å². The number of likely N-dealkylation sites (tertiary alicyclic amines) is 1. The Morgan fingerprint density at radius 1 is 1.20 bits per heavy atom. The molecule has 108 valence electrons. The number of halogens is 2. The van der Waals surface area contributed by atoms with Gasteiger partial charge in [0.25, 0.3) is 5.91 Å². The predicted molar refractivity (Wildman–Crippen MR) is 81.5 cm³/mol. The molecule has 2 unspecified atom stereocenters. The van der Waals surface area contributed by atoms with Crippen LogP contribution in [0.15, 0.2) is 18.2 Å². The molecule has 2 heterocycles. The van der Waals surface area contributed by atoms with Crippen molar-refractivity contribution in [2.75, 3.05) is 13.1 Å². The Morgan fingerprint density at radius 3 is 2.60 bits per heavy atom. The first-order chi connectivity index (χ1) is 9.68. The SMILES string of the molecule is O=C(c1c(Cl)cccc1Cl)N1CCCC1C1CCCN1. The van der Waals surface area contributed by atoms with Gasteiger partial charge in [0.15, 0.2) is 0 Å². The predicted octanol–water partition coefficient (Wildman–Crippen LogP) is 3.35. The number of nitrogens with zero attached hydrogens (tertiary/aromatic N) is 1. The lowest BCUT2D eigenvalue weighted by Gasteiger charge is -2.30. The van der Waals surface area contributed by atoms with Crippen LogP contribution in [0.3, 0.4) is 0 Å². The van der Waals surface area contributed by atoms with Gasteiger partial charge in [-0.2, -0.15) is 0 Å². The van der Waals surface area contributed by atoms with Gasteiger partial charge in [0.1, 0.15) is 0 Å². The number of carbonyl (C=O) groups is 1. The smallest absolute Gasteiger partial charge is 0.257 e.